The Morgan fingerprint density at radius 1 is 1.27 bits per heavy atom. The minimum atomic E-state index is 0.930. The predicted molar refractivity (Wildman–Crippen MR) is 61.8 cm³/mol. The minimum Gasteiger partial charge on any atom is -0.311 e. The van der Waals surface area contributed by atoms with Crippen LogP contribution in [0.1, 0.15) is 49.6 Å². The van der Waals surface area contributed by atoms with Gasteiger partial charge in [0, 0.05) is 12.2 Å². The zero-order chi connectivity index (χ0) is 10.5. The Kier molecular flexibility index (Phi) is 3.78. The predicted octanol–water partition coefficient (Wildman–Crippen LogP) is 2.18. The summed E-state index contributed by atoms with van der Waals surface area (Å²) >= 11 is 0. The average molecular weight is 207 g/mol. The number of H-pyrrole nitrogens is 1. The van der Waals surface area contributed by atoms with Crippen molar-refractivity contribution in [1.82, 2.24) is 15.5 Å². The third-order valence-electron chi connectivity index (χ3n) is 3.11. The van der Waals surface area contributed by atoms with E-state index in [1.165, 1.54) is 55.5 Å². The molecule has 15 heavy (non-hydrogen) atoms. The van der Waals surface area contributed by atoms with Crippen molar-refractivity contribution in [2.45, 2.75) is 52.0 Å². The summed E-state index contributed by atoms with van der Waals surface area (Å²) in [4.78, 5) is 0. The fourth-order valence-corrected chi connectivity index (χ4v) is 2.26. The van der Waals surface area contributed by atoms with E-state index in [0.717, 1.165) is 13.1 Å². The van der Waals surface area contributed by atoms with Gasteiger partial charge in [-0.05, 0) is 44.2 Å². The number of hydrogen-bond donors (Lipinski definition) is 2. The van der Waals surface area contributed by atoms with Crippen LogP contribution in [0.3, 0.4) is 0 Å². The largest absolute Gasteiger partial charge is 0.311 e. The number of aryl methyl sites for hydroxylation is 1. The Balaban J connectivity index is 2.01. The third kappa shape index (κ3) is 2.59. The van der Waals surface area contributed by atoms with Crippen LogP contribution in [0.25, 0.3) is 0 Å². The van der Waals surface area contributed by atoms with E-state index in [1.54, 1.807) is 0 Å². The van der Waals surface area contributed by atoms with E-state index in [0.29, 0.717) is 0 Å². The summed E-state index contributed by atoms with van der Waals surface area (Å²) in [5.74, 6) is 0. The lowest BCUT2D eigenvalue weighted by atomic mass is 10.1. The molecule has 3 nitrogen and oxygen atoms in total. The lowest BCUT2D eigenvalue weighted by Crippen LogP contribution is -2.15. The lowest BCUT2D eigenvalue weighted by Gasteiger charge is -2.03. The second kappa shape index (κ2) is 5.31. The molecule has 0 fully saturated rings. The zero-order valence-corrected chi connectivity index (χ0v) is 9.60. The highest BCUT2D eigenvalue weighted by atomic mass is 15.1. The van der Waals surface area contributed by atoms with Crippen LogP contribution < -0.4 is 5.32 Å². The van der Waals surface area contributed by atoms with Crippen LogP contribution in [-0.4, -0.2) is 16.7 Å². The van der Waals surface area contributed by atoms with Crippen LogP contribution in [0, 0.1) is 0 Å². The summed E-state index contributed by atoms with van der Waals surface area (Å²) in [6.07, 6.45) is 7.60. The molecule has 0 aromatic carbocycles. The summed E-state index contributed by atoms with van der Waals surface area (Å²) in [5.41, 5.74) is 4.14. The number of rotatable bonds is 4. The highest BCUT2D eigenvalue weighted by Crippen LogP contribution is 2.21. The maximum atomic E-state index is 4.42. The molecule has 0 spiro atoms. The van der Waals surface area contributed by atoms with Crippen molar-refractivity contribution in [2.75, 3.05) is 6.54 Å². The smallest absolute Gasteiger partial charge is 0.0794 e. The average Bonchev–Trinajstić information content (AvgIpc) is 2.50. The van der Waals surface area contributed by atoms with Gasteiger partial charge in [0.05, 0.1) is 5.69 Å². The van der Waals surface area contributed by atoms with Gasteiger partial charge in [-0.25, -0.2) is 0 Å². The van der Waals surface area contributed by atoms with E-state index >= 15 is 0 Å². The molecule has 0 atom stereocenters. The quantitative estimate of drug-likeness (QED) is 0.587. The first-order valence-electron chi connectivity index (χ1n) is 6.17. The Morgan fingerprint density at radius 3 is 3.00 bits per heavy atom. The van der Waals surface area contributed by atoms with Gasteiger partial charge >= 0.3 is 0 Å². The Morgan fingerprint density at radius 2 is 2.13 bits per heavy atom. The van der Waals surface area contributed by atoms with Gasteiger partial charge in [0.2, 0.25) is 0 Å². The minimum absolute atomic E-state index is 0.930. The summed E-state index contributed by atoms with van der Waals surface area (Å²) < 4.78 is 0. The van der Waals surface area contributed by atoms with Gasteiger partial charge in [-0.3, -0.25) is 5.10 Å². The van der Waals surface area contributed by atoms with Gasteiger partial charge in [-0.15, -0.1) is 0 Å². The molecule has 0 saturated carbocycles. The molecule has 0 saturated heterocycles. The molecule has 0 unspecified atom stereocenters. The fourth-order valence-electron chi connectivity index (χ4n) is 2.26. The van der Waals surface area contributed by atoms with Crippen molar-refractivity contribution in [1.29, 1.82) is 0 Å². The molecule has 1 aromatic heterocycles. The van der Waals surface area contributed by atoms with Crippen molar-refractivity contribution in [3.8, 4) is 0 Å². The van der Waals surface area contributed by atoms with Gasteiger partial charge in [0.1, 0.15) is 0 Å². The first kappa shape index (κ1) is 10.7. The van der Waals surface area contributed by atoms with Crippen molar-refractivity contribution in [2.24, 2.45) is 0 Å². The Labute approximate surface area is 91.7 Å². The summed E-state index contributed by atoms with van der Waals surface area (Å²) in [5, 5.41) is 11.1. The molecule has 0 aliphatic heterocycles. The topological polar surface area (TPSA) is 40.7 Å². The van der Waals surface area contributed by atoms with Crippen molar-refractivity contribution in [3.05, 3.63) is 17.0 Å². The van der Waals surface area contributed by atoms with E-state index < -0.39 is 0 Å². The van der Waals surface area contributed by atoms with Crippen molar-refractivity contribution in [3.63, 3.8) is 0 Å². The summed E-state index contributed by atoms with van der Waals surface area (Å²) in [6, 6.07) is 0. The fraction of sp³-hybridized carbons (Fsp3) is 0.750. The first-order chi connectivity index (χ1) is 7.42. The number of nitrogens with zero attached hydrogens (tertiary/aromatic N) is 1. The van der Waals surface area contributed by atoms with E-state index in [1.807, 2.05) is 0 Å². The molecule has 2 rings (SSSR count). The summed E-state index contributed by atoms with van der Waals surface area (Å²) in [6.45, 7) is 4.21. The lowest BCUT2D eigenvalue weighted by molar-refractivity contribution is 0.651. The van der Waals surface area contributed by atoms with Crippen LogP contribution >= 0.6 is 0 Å². The second-order valence-electron chi connectivity index (χ2n) is 4.36. The number of fused-ring (bicyclic) bond motifs is 1. The Hall–Kier alpha value is -0.830. The molecule has 0 amide bonds. The number of aromatic amines is 1. The molecule has 0 radical (unpaired) electrons. The van der Waals surface area contributed by atoms with Crippen LogP contribution in [0.15, 0.2) is 0 Å². The zero-order valence-electron chi connectivity index (χ0n) is 9.60. The van der Waals surface area contributed by atoms with E-state index in [9.17, 15) is 0 Å². The monoisotopic (exact) mass is 207 g/mol. The SMILES string of the molecule is CCCNCc1n[nH]c2c1CCCCC2. The number of aromatic nitrogens is 2. The molecule has 84 valence electrons. The van der Waals surface area contributed by atoms with Crippen LogP contribution in [0.2, 0.25) is 0 Å². The highest BCUT2D eigenvalue weighted by Gasteiger charge is 2.14. The number of nitrogens with one attached hydrogen (secondary N) is 2. The van der Waals surface area contributed by atoms with Gasteiger partial charge < -0.3 is 5.32 Å². The molecule has 3 heteroatoms. The molecule has 1 aliphatic rings. The molecular weight excluding hydrogens is 186 g/mol. The van der Waals surface area contributed by atoms with Gasteiger partial charge in [0.25, 0.3) is 0 Å². The Bertz CT molecular complexity index is 304. The molecule has 0 bridgehead atoms. The van der Waals surface area contributed by atoms with Gasteiger partial charge in [-0.2, -0.15) is 5.10 Å². The standard InChI is InChI=1S/C12H21N3/c1-2-8-13-9-12-10-6-4-3-5-7-11(10)14-15-12/h13H,2-9H2,1H3,(H,14,15). The third-order valence-corrected chi connectivity index (χ3v) is 3.11. The number of hydrogen-bond acceptors (Lipinski definition) is 2. The van der Waals surface area contributed by atoms with E-state index in [-0.39, 0.29) is 0 Å². The van der Waals surface area contributed by atoms with E-state index in [2.05, 4.69) is 22.4 Å². The van der Waals surface area contributed by atoms with Crippen LogP contribution in [0.5, 0.6) is 0 Å². The normalized spacial score (nSPS) is 16.1. The molecular formula is C12H21N3. The highest BCUT2D eigenvalue weighted by molar-refractivity contribution is 5.26. The van der Waals surface area contributed by atoms with Crippen LogP contribution in [-0.2, 0) is 19.4 Å². The molecule has 2 N–H and O–H groups in total. The second-order valence-corrected chi connectivity index (χ2v) is 4.36. The van der Waals surface area contributed by atoms with Crippen molar-refractivity contribution >= 4 is 0 Å². The molecule has 1 aromatic rings. The molecule has 1 aliphatic carbocycles. The summed E-state index contributed by atoms with van der Waals surface area (Å²) in [7, 11) is 0. The van der Waals surface area contributed by atoms with Crippen LogP contribution in [0.4, 0.5) is 0 Å². The van der Waals surface area contributed by atoms with Gasteiger partial charge in [-0.1, -0.05) is 13.3 Å². The van der Waals surface area contributed by atoms with Crippen molar-refractivity contribution < 1.29 is 0 Å². The molecule has 1 heterocycles. The maximum absolute atomic E-state index is 4.42. The first-order valence-corrected chi connectivity index (χ1v) is 6.17. The van der Waals surface area contributed by atoms with Gasteiger partial charge in [0.15, 0.2) is 0 Å². The van der Waals surface area contributed by atoms with E-state index in [4.69, 9.17) is 0 Å². The maximum Gasteiger partial charge on any atom is 0.0794 e.